The first-order valence-electron chi connectivity index (χ1n) is 7.16. The number of thiazole rings is 1. The maximum absolute atomic E-state index is 5.72. The number of aromatic nitrogens is 3. The van der Waals surface area contributed by atoms with Crippen molar-refractivity contribution in [3.63, 3.8) is 0 Å². The molecule has 0 unspecified atom stereocenters. The largest absolute Gasteiger partial charge is 0.490 e. The smallest absolute Gasteiger partial charge is 0.176 e. The minimum absolute atomic E-state index is 0.667. The Hall–Kier alpha value is -2.06. The minimum atomic E-state index is 0.667. The highest BCUT2D eigenvalue weighted by molar-refractivity contribution is 8.00. The van der Waals surface area contributed by atoms with Crippen LogP contribution in [0.4, 0.5) is 11.5 Å². The second kappa shape index (κ2) is 6.21. The highest BCUT2D eigenvalue weighted by Crippen LogP contribution is 2.35. The molecule has 0 radical (unpaired) electrons. The zero-order valence-electron chi connectivity index (χ0n) is 12.4. The average molecular weight is 346 g/mol. The normalized spacial score (nSPS) is 13.8. The molecule has 2 aromatic heterocycles. The van der Waals surface area contributed by atoms with Gasteiger partial charge in [-0.05, 0) is 18.4 Å². The lowest BCUT2D eigenvalue weighted by Crippen LogP contribution is -1.97. The van der Waals surface area contributed by atoms with Crippen molar-refractivity contribution in [2.24, 2.45) is 0 Å². The van der Waals surface area contributed by atoms with Gasteiger partial charge in [0.2, 0.25) is 0 Å². The Balaban J connectivity index is 1.68. The van der Waals surface area contributed by atoms with Crippen molar-refractivity contribution in [3.05, 3.63) is 24.5 Å². The van der Waals surface area contributed by atoms with Crippen LogP contribution >= 0.6 is 23.1 Å². The van der Waals surface area contributed by atoms with Crippen LogP contribution in [0.2, 0.25) is 0 Å². The second-order valence-corrected chi connectivity index (χ2v) is 6.95. The lowest BCUT2D eigenvalue weighted by atomic mass is 10.2. The zero-order chi connectivity index (χ0) is 15.6. The molecule has 118 valence electrons. The van der Waals surface area contributed by atoms with Crippen LogP contribution in [0.25, 0.3) is 10.3 Å². The molecule has 1 aromatic carbocycles. The molecule has 1 N–H and O–H groups in total. The maximum atomic E-state index is 5.72. The quantitative estimate of drug-likeness (QED) is 0.725. The molecule has 0 atom stereocenters. The second-order valence-electron chi connectivity index (χ2n) is 4.90. The van der Waals surface area contributed by atoms with E-state index in [0.29, 0.717) is 18.9 Å². The summed E-state index contributed by atoms with van der Waals surface area (Å²) >= 11 is 3.19. The van der Waals surface area contributed by atoms with Gasteiger partial charge in [0.15, 0.2) is 27.3 Å². The molecule has 3 heterocycles. The average Bonchev–Trinajstić information content (AvgIpc) is 2.87. The standard InChI is InChI=1S/C15H14N4O2S2/c1-22-15-19-14-12(23-15)13(16-8-17-14)18-9-3-4-10-11(7-9)21-6-2-5-20-10/h3-4,7-8H,2,5-6H2,1H3,(H,16,17,18). The van der Waals surface area contributed by atoms with Crippen molar-refractivity contribution in [1.82, 2.24) is 15.0 Å². The van der Waals surface area contributed by atoms with E-state index < -0.39 is 0 Å². The van der Waals surface area contributed by atoms with E-state index in [1.54, 1.807) is 23.1 Å². The van der Waals surface area contributed by atoms with E-state index in [2.05, 4.69) is 20.3 Å². The Morgan fingerprint density at radius 1 is 1.17 bits per heavy atom. The predicted octanol–water partition coefficient (Wildman–Crippen LogP) is 3.71. The van der Waals surface area contributed by atoms with Crippen LogP contribution in [0.3, 0.4) is 0 Å². The van der Waals surface area contributed by atoms with Gasteiger partial charge in [0.1, 0.15) is 11.0 Å². The van der Waals surface area contributed by atoms with Gasteiger partial charge in [0.05, 0.1) is 13.2 Å². The highest BCUT2D eigenvalue weighted by Gasteiger charge is 2.13. The van der Waals surface area contributed by atoms with Gasteiger partial charge in [0.25, 0.3) is 0 Å². The number of fused-ring (bicyclic) bond motifs is 2. The summed E-state index contributed by atoms with van der Waals surface area (Å²) in [7, 11) is 0. The van der Waals surface area contributed by atoms with E-state index in [9.17, 15) is 0 Å². The summed E-state index contributed by atoms with van der Waals surface area (Å²) < 4.78 is 13.3. The summed E-state index contributed by atoms with van der Waals surface area (Å²) in [5, 5.41) is 3.33. The van der Waals surface area contributed by atoms with E-state index in [0.717, 1.165) is 38.5 Å². The number of nitrogens with one attached hydrogen (secondary N) is 1. The van der Waals surface area contributed by atoms with Gasteiger partial charge in [-0.2, -0.15) is 0 Å². The molecule has 1 aliphatic rings. The molecule has 8 heteroatoms. The maximum Gasteiger partial charge on any atom is 0.176 e. The van der Waals surface area contributed by atoms with Gasteiger partial charge in [-0.3, -0.25) is 0 Å². The summed E-state index contributed by atoms with van der Waals surface area (Å²) in [6.07, 6.45) is 4.42. The lowest BCUT2D eigenvalue weighted by Gasteiger charge is -2.10. The molecular formula is C15H14N4O2S2. The molecule has 0 saturated carbocycles. The third-order valence-corrected chi connectivity index (χ3v) is 5.39. The van der Waals surface area contributed by atoms with E-state index in [-0.39, 0.29) is 0 Å². The Kier molecular flexibility index (Phi) is 3.92. The number of ether oxygens (including phenoxy) is 2. The van der Waals surface area contributed by atoms with Gasteiger partial charge in [-0.15, -0.1) is 11.3 Å². The van der Waals surface area contributed by atoms with Crippen molar-refractivity contribution in [2.45, 2.75) is 10.8 Å². The number of anilines is 2. The number of nitrogens with zero attached hydrogens (tertiary/aromatic N) is 3. The third-order valence-electron chi connectivity index (χ3n) is 3.36. The SMILES string of the molecule is CSc1nc2ncnc(Nc3ccc4c(c3)OCCCO4)c2s1. The van der Waals surface area contributed by atoms with Gasteiger partial charge < -0.3 is 14.8 Å². The first-order chi connectivity index (χ1) is 11.3. The summed E-state index contributed by atoms with van der Waals surface area (Å²) in [4.78, 5) is 13.0. The lowest BCUT2D eigenvalue weighted by molar-refractivity contribution is 0.297. The number of benzene rings is 1. The minimum Gasteiger partial charge on any atom is -0.490 e. The molecule has 0 saturated heterocycles. The van der Waals surface area contributed by atoms with Crippen molar-refractivity contribution < 1.29 is 9.47 Å². The fourth-order valence-electron chi connectivity index (χ4n) is 2.29. The summed E-state index contributed by atoms with van der Waals surface area (Å²) in [5.41, 5.74) is 1.61. The van der Waals surface area contributed by atoms with Crippen molar-refractivity contribution >= 4 is 45.0 Å². The van der Waals surface area contributed by atoms with Crippen LogP contribution in [0, 0.1) is 0 Å². The van der Waals surface area contributed by atoms with E-state index in [4.69, 9.17) is 9.47 Å². The van der Waals surface area contributed by atoms with E-state index >= 15 is 0 Å². The number of hydrogen-bond acceptors (Lipinski definition) is 8. The van der Waals surface area contributed by atoms with Crippen LogP contribution in [0.1, 0.15) is 6.42 Å². The molecule has 4 rings (SSSR count). The Bertz CT molecular complexity index is 853. The summed E-state index contributed by atoms with van der Waals surface area (Å²) in [6, 6.07) is 5.81. The molecule has 0 amide bonds. The predicted molar refractivity (Wildman–Crippen MR) is 92.3 cm³/mol. The molecule has 23 heavy (non-hydrogen) atoms. The zero-order valence-corrected chi connectivity index (χ0v) is 14.0. The Morgan fingerprint density at radius 2 is 2.04 bits per heavy atom. The van der Waals surface area contributed by atoms with Crippen molar-refractivity contribution in [3.8, 4) is 11.5 Å². The van der Waals surface area contributed by atoms with E-state index in [1.807, 2.05) is 24.5 Å². The summed E-state index contributed by atoms with van der Waals surface area (Å²) in [6.45, 7) is 1.35. The first kappa shape index (κ1) is 14.5. The van der Waals surface area contributed by atoms with Gasteiger partial charge in [-0.1, -0.05) is 11.8 Å². The van der Waals surface area contributed by atoms with Crippen LogP contribution in [-0.4, -0.2) is 34.4 Å². The first-order valence-corrected chi connectivity index (χ1v) is 9.20. The van der Waals surface area contributed by atoms with E-state index in [1.165, 1.54) is 6.33 Å². The summed E-state index contributed by atoms with van der Waals surface area (Å²) in [5.74, 6) is 2.29. The van der Waals surface area contributed by atoms with Crippen LogP contribution in [0.15, 0.2) is 28.9 Å². The monoisotopic (exact) mass is 346 g/mol. The molecule has 3 aromatic rings. The Morgan fingerprint density at radius 3 is 2.91 bits per heavy atom. The fourth-order valence-corrected chi connectivity index (χ4v) is 3.75. The Labute approximate surface area is 141 Å². The number of rotatable bonds is 3. The molecule has 0 fully saturated rings. The molecule has 0 aliphatic carbocycles. The highest BCUT2D eigenvalue weighted by atomic mass is 32.2. The molecule has 0 spiro atoms. The van der Waals surface area contributed by atoms with Gasteiger partial charge >= 0.3 is 0 Å². The number of thioether (sulfide) groups is 1. The van der Waals surface area contributed by atoms with Crippen LogP contribution < -0.4 is 14.8 Å². The van der Waals surface area contributed by atoms with Crippen molar-refractivity contribution in [2.75, 3.05) is 24.8 Å². The fraction of sp³-hybridized carbons (Fsp3) is 0.267. The van der Waals surface area contributed by atoms with Crippen LogP contribution in [-0.2, 0) is 0 Å². The van der Waals surface area contributed by atoms with Crippen LogP contribution in [0.5, 0.6) is 11.5 Å². The molecular weight excluding hydrogens is 332 g/mol. The third kappa shape index (κ3) is 2.91. The van der Waals surface area contributed by atoms with Gasteiger partial charge in [-0.25, -0.2) is 15.0 Å². The topological polar surface area (TPSA) is 69.2 Å². The number of hydrogen-bond donors (Lipinski definition) is 1. The molecule has 0 bridgehead atoms. The van der Waals surface area contributed by atoms with Crippen molar-refractivity contribution in [1.29, 1.82) is 0 Å². The molecule has 1 aliphatic heterocycles. The van der Waals surface area contributed by atoms with Gasteiger partial charge in [0, 0.05) is 18.2 Å². The molecule has 6 nitrogen and oxygen atoms in total.